The normalized spacial score (nSPS) is 12.5. The molecule has 0 amide bonds. The van der Waals surface area contributed by atoms with Gasteiger partial charge in [-0.2, -0.15) is 0 Å². The Morgan fingerprint density at radius 3 is 2.73 bits per heavy atom. The third-order valence-electron chi connectivity index (χ3n) is 1.91. The molecule has 0 saturated carbocycles. The molecule has 84 valence electrons. The van der Waals surface area contributed by atoms with Gasteiger partial charge < -0.3 is 10.1 Å². The predicted molar refractivity (Wildman–Crippen MR) is 71.4 cm³/mol. The monoisotopic (exact) mass is 335 g/mol. The fraction of sp³-hybridized carbons (Fsp3) is 0.455. The van der Waals surface area contributed by atoms with Gasteiger partial charge in [0.05, 0.1) is 6.61 Å². The lowest BCUT2D eigenvalue weighted by molar-refractivity contribution is 0.141. The molecule has 0 aromatic heterocycles. The van der Waals surface area contributed by atoms with Crippen molar-refractivity contribution in [2.45, 2.75) is 19.9 Å². The molecule has 0 spiro atoms. The number of benzene rings is 1. The van der Waals surface area contributed by atoms with Crippen molar-refractivity contribution in [1.29, 1.82) is 0 Å². The second-order valence-corrected chi connectivity index (χ2v) is 5.10. The second kappa shape index (κ2) is 6.51. The molecular formula is C11H15Br2NO. The quantitative estimate of drug-likeness (QED) is 0.875. The SMILES string of the molecule is CCOCC(C)Nc1ccc(Br)cc1Br. The van der Waals surface area contributed by atoms with Crippen LogP contribution < -0.4 is 5.32 Å². The molecule has 1 unspecified atom stereocenters. The fourth-order valence-electron chi connectivity index (χ4n) is 1.21. The summed E-state index contributed by atoms with van der Waals surface area (Å²) < 4.78 is 7.47. The molecule has 0 saturated heterocycles. The number of ether oxygens (including phenoxy) is 1. The molecule has 0 bridgehead atoms. The van der Waals surface area contributed by atoms with E-state index in [-0.39, 0.29) is 0 Å². The lowest BCUT2D eigenvalue weighted by Crippen LogP contribution is -2.21. The highest BCUT2D eigenvalue weighted by Gasteiger charge is 2.05. The summed E-state index contributed by atoms with van der Waals surface area (Å²) in [5.41, 5.74) is 1.09. The maximum absolute atomic E-state index is 5.34. The minimum absolute atomic E-state index is 0.308. The van der Waals surface area contributed by atoms with E-state index in [9.17, 15) is 0 Å². The van der Waals surface area contributed by atoms with E-state index >= 15 is 0 Å². The van der Waals surface area contributed by atoms with E-state index in [1.807, 2.05) is 25.1 Å². The molecule has 0 aliphatic heterocycles. The standard InChI is InChI=1S/C11H15Br2NO/c1-3-15-7-8(2)14-11-5-4-9(12)6-10(11)13/h4-6,8,14H,3,7H2,1-2H3. The Bertz CT molecular complexity index is 317. The Labute approximate surface area is 108 Å². The first-order valence-electron chi connectivity index (χ1n) is 4.92. The van der Waals surface area contributed by atoms with Gasteiger partial charge in [0.15, 0.2) is 0 Å². The summed E-state index contributed by atoms with van der Waals surface area (Å²) in [5.74, 6) is 0. The van der Waals surface area contributed by atoms with Gasteiger partial charge in [0.2, 0.25) is 0 Å². The minimum Gasteiger partial charge on any atom is -0.380 e. The average Bonchev–Trinajstić information content (AvgIpc) is 2.19. The van der Waals surface area contributed by atoms with E-state index in [0.29, 0.717) is 6.04 Å². The first-order valence-corrected chi connectivity index (χ1v) is 6.51. The van der Waals surface area contributed by atoms with Crippen molar-refractivity contribution in [2.75, 3.05) is 18.5 Å². The third kappa shape index (κ3) is 4.53. The first kappa shape index (κ1) is 13.0. The van der Waals surface area contributed by atoms with Gasteiger partial charge in [-0.1, -0.05) is 15.9 Å². The molecule has 1 aromatic carbocycles. The Balaban J connectivity index is 2.56. The van der Waals surface area contributed by atoms with E-state index in [2.05, 4.69) is 44.1 Å². The highest BCUT2D eigenvalue weighted by molar-refractivity contribution is 9.11. The van der Waals surface area contributed by atoms with E-state index in [1.54, 1.807) is 0 Å². The largest absolute Gasteiger partial charge is 0.380 e. The smallest absolute Gasteiger partial charge is 0.0664 e. The van der Waals surface area contributed by atoms with Gasteiger partial charge in [0.1, 0.15) is 0 Å². The Morgan fingerprint density at radius 1 is 1.40 bits per heavy atom. The van der Waals surface area contributed by atoms with Crippen LogP contribution in [0.5, 0.6) is 0 Å². The Hall–Kier alpha value is -0.0600. The molecule has 0 fully saturated rings. The number of nitrogens with one attached hydrogen (secondary N) is 1. The van der Waals surface area contributed by atoms with Crippen LogP contribution in [-0.4, -0.2) is 19.3 Å². The minimum atomic E-state index is 0.308. The number of anilines is 1. The van der Waals surface area contributed by atoms with Gasteiger partial charge in [-0.15, -0.1) is 0 Å². The van der Waals surface area contributed by atoms with Crippen LogP contribution in [0.1, 0.15) is 13.8 Å². The number of hydrogen-bond donors (Lipinski definition) is 1. The zero-order chi connectivity index (χ0) is 11.3. The van der Waals surface area contributed by atoms with E-state index in [4.69, 9.17) is 4.74 Å². The third-order valence-corrected chi connectivity index (χ3v) is 3.05. The van der Waals surface area contributed by atoms with Crippen molar-refractivity contribution in [3.63, 3.8) is 0 Å². The molecule has 1 atom stereocenters. The van der Waals surface area contributed by atoms with Crippen LogP contribution in [0.4, 0.5) is 5.69 Å². The summed E-state index contributed by atoms with van der Waals surface area (Å²) >= 11 is 6.93. The molecule has 1 rings (SSSR count). The highest BCUT2D eigenvalue weighted by atomic mass is 79.9. The molecule has 4 heteroatoms. The maximum atomic E-state index is 5.34. The summed E-state index contributed by atoms with van der Waals surface area (Å²) in [7, 11) is 0. The van der Waals surface area contributed by atoms with Crippen molar-refractivity contribution >= 4 is 37.5 Å². The predicted octanol–water partition coefficient (Wildman–Crippen LogP) is 4.05. The van der Waals surface area contributed by atoms with Crippen LogP contribution in [0.25, 0.3) is 0 Å². The Kier molecular flexibility index (Phi) is 5.64. The van der Waals surface area contributed by atoms with Gasteiger partial charge in [0, 0.05) is 27.3 Å². The van der Waals surface area contributed by atoms with Crippen molar-refractivity contribution in [3.05, 3.63) is 27.1 Å². The number of hydrogen-bond acceptors (Lipinski definition) is 2. The summed E-state index contributed by atoms with van der Waals surface area (Å²) in [6, 6.07) is 6.38. The average molecular weight is 337 g/mol. The lowest BCUT2D eigenvalue weighted by atomic mass is 10.3. The zero-order valence-corrected chi connectivity index (χ0v) is 12.1. The number of rotatable bonds is 5. The van der Waals surface area contributed by atoms with Gasteiger partial charge in [-0.25, -0.2) is 0 Å². The van der Waals surface area contributed by atoms with Gasteiger partial charge >= 0.3 is 0 Å². The van der Waals surface area contributed by atoms with Crippen LogP contribution in [-0.2, 0) is 4.74 Å². The molecule has 0 radical (unpaired) electrons. The lowest BCUT2D eigenvalue weighted by Gasteiger charge is -2.16. The summed E-state index contributed by atoms with van der Waals surface area (Å²) in [6.45, 7) is 5.58. The van der Waals surface area contributed by atoms with Crippen LogP contribution >= 0.6 is 31.9 Å². The molecule has 1 N–H and O–H groups in total. The van der Waals surface area contributed by atoms with Gasteiger partial charge in [0.25, 0.3) is 0 Å². The van der Waals surface area contributed by atoms with Gasteiger partial charge in [-0.3, -0.25) is 0 Å². The van der Waals surface area contributed by atoms with Crippen molar-refractivity contribution < 1.29 is 4.74 Å². The molecule has 0 heterocycles. The first-order chi connectivity index (χ1) is 7.13. The van der Waals surface area contributed by atoms with Crippen molar-refractivity contribution in [1.82, 2.24) is 0 Å². The highest BCUT2D eigenvalue weighted by Crippen LogP contribution is 2.26. The van der Waals surface area contributed by atoms with Crippen LogP contribution in [0.3, 0.4) is 0 Å². The molecule has 0 aliphatic rings. The van der Waals surface area contributed by atoms with Crippen LogP contribution in [0.15, 0.2) is 27.1 Å². The second-order valence-electron chi connectivity index (χ2n) is 3.33. The zero-order valence-electron chi connectivity index (χ0n) is 8.89. The maximum Gasteiger partial charge on any atom is 0.0664 e. The molecular weight excluding hydrogens is 322 g/mol. The van der Waals surface area contributed by atoms with Crippen molar-refractivity contribution in [2.24, 2.45) is 0 Å². The topological polar surface area (TPSA) is 21.3 Å². The fourth-order valence-corrected chi connectivity index (χ4v) is 2.37. The molecule has 0 aliphatic carbocycles. The molecule has 15 heavy (non-hydrogen) atoms. The van der Waals surface area contributed by atoms with E-state index in [0.717, 1.165) is 27.8 Å². The summed E-state index contributed by atoms with van der Waals surface area (Å²) in [5, 5.41) is 3.38. The number of halogens is 2. The van der Waals surface area contributed by atoms with E-state index in [1.165, 1.54) is 0 Å². The summed E-state index contributed by atoms with van der Waals surface area (Å²) in [6.07, 6.45) is 0. The summed E-state index contributed by atoms with van der Waals surface area (Å²) in [4.78, 5) is 0. The Morgan fingerprint density at radius 2 is 2.13 bits per heavy atom. The van der Waals surface area contributed by atoms with Crippen molar-refractivity contribution in [3.8, 4) is 0 Å². The van der Waals surface area contributed by atoms with Crippen LogP contribution in [0, 0.1) is 0 Å². The molecule has 2 nitrogen and oxygen atoms in total. The van der Waals surface area contributed by atoms with Gasteiger partial charge in [-0.05, 0) is 48.0 Å². The van der Waals surface area contributed by atoms with Crippen LogP contribution in [0.2, 0.25) is 0 Å². The molecule has 1 aromatic rings. The van der Waals surface area contributed by atoms with E-state index < -0.39 is 0 Å².